The van der Waals surface area contributed by atoms with Crippen molar-refractivity contribution in [2.24, 2.45) is 5.92 Å². The molecule has 4 rings (SSSR count). The Kier molecular flexibility index (Phi) is 7.16. The summed E-state index contributed by atoms with van der Waals surface area (Å²) in [6.07, 6.45) is 8.09. The van der Waals surface area contributed by atoms with Crippen molar-refractivity contribution < 1.29 is 9.13 Å². The molecule has 0 atom stereocenters. The molecule has 1 aromatic carbocycles. The average Bonchev–Trinajstić information content (AvgIpc) is 3.18. The van der Waals surface area contributed by atoms with Gasteiger partial charge in [-0.05, 0) is 82.7 Å². The lowest BCUT2D eigenvalue weighted by molar-refractivity contribution is 0.0740. The molecule has 34 heavy (non-hydrogen) atoms. The zero-order valence-electron chi connectivity index (χ0n) is 20.4. The Bertz CT molecular complexity index is 1160. The number of nitrogens with one attached hydrogen (secondary N) is 1. The van der Waals surface area contributed by atoms with Gasteiger partial charge in [-0.3, -0.25) is 9.13 Å². The standard InChI is InChI=1S/C26H34FN5O2/c1-5-34-17-26(3,4)31-16-23(32(25(31)33)21-12-8-19(27)9-13-21)22-14-15-28-24(30-22)29-20-10-6-18(2)7-11-20/h8-9,12-16,18,20H,5-7,10-11,17H2,1-4H3,(H,28,29,30)/t18-,20-. The van der Waals surface area contributed by atoms with Crippen LogP contribution in [-0.2, 0) is 10.3 Å². The zero-order valence-corrected chi connectivity index (χ0v) is 20.4. The number of ether oxygens (including phenoxy) is 1. The molecule has 7 nitrogen and oxygen atoms in total. The molecule has 1 saturated carbocycles. The number of anilines is 1. The normalized spacial score (nSPS) is 18.7. The van der Waals surface area contributed by atoms with E-state index in [0.29, 0.717) is 42.3 Å². The van der Waals surface area contributed by atoms with Crippen LogP contribution >= 0.6 is 0 Å². The molecular formula is C26H34FN5O2. The molecule has 0 unspecified atom stereocenters. The summed E-state index contributed by atoms with van der Waals surface area (Å²) >= 11 is 0. The molecular weight excluding hydrogens is 433 g/mol. The lowest BCUT2D eigenvalue weighted by Gasteiger charge is -2.26. The van der Waals surface area contributed by atoms with Gasteiger partial charge in [0.15, 0.2) is 0 Å². The van der Waals surface area contributed by atoms with Gasteiger partial charge in [-0.15, -0.1) is 0 Å². The molecule has 0 amide bonds. The van der Waals surface area contributed by atoms with Crippen LogP contribution in [0.1, 0.15) is 53.4 Å². The Balaban J connectivity index is 1.75. The molecule has 8 heteroatoms. The van der Waals surface area contributed by atoms with Crippen LogP contribution in [0.15, 0.2) is 47.5 Å². The summed E-state index contributed by atoms with van der Waals surface area (Å²) in [5.41, 5.74) is 0.987. The van der Waals surface area contributed by atoms with E-state index >= 15 is 0 Å². The van der Waals surface area contributed by atoms with Crippen LogP contribution in [0.5, 0.6) is 0 Å². The first kappa shape index (κ1) is 24.1. The molecule has 3 aromatic rings. The highest BCUT2D eigenvalue weighted by atomic mass is 19.1. The Hall–Kier alpha value is -3.00. The summed E-state index contributed by atoms with van der Waals surface area (Å²) in [4.78, 5) is 22.8. The minimum absolute atomic E-state index is 0.235. The van der Waals surface area contributed by atoms with Crippen molar-refractivity contribution in [2.75, 3.05) is 18.5 Å². The number of nitrogens with zero attached hydrogens (tertiary/aromatic N) is 4. The maximum Gasteiger partial charge on any atom is 0.333 e. The fourth-order valence-electron chi connectivity index (χ4n) is 4.48. The number of aromatic nitrogens is 4. The summed E-state index contributed by atoms with van der Waals surface area (Å²) in [5, 5.41) is 3.47. The third-order valence-electron chi connectivity index (χ3n) is 6.55. The summed E-state index contributed by atoms with van der Waals surface area (Å²) < 4.78 is 22.5. The second-order valence-corrected chi connectivity index (χ2v) is 9.79. The molecule has 0 saturated heterocycles. The van der Waals surface area contributed by atoms with Gasteiger partial charge in [0, 0.05) is 25.0 Å². The Morgan fingerprint density at radius 3 is 2.53 bits per heavy atom. The minimum Gasteiger partial charge on any atom is -0.379 e. The van der Waals surface area contributed by atoms with E-state index in [0.717, 1.165) is 18.8 Å². The zero-order chi connectivity index (χ0) is 24.3. The largest absolute Gasteiger partial charge is 0.379 e. The number of imidazole rings is 1. The third kappa shape index (κ3) is 5.22. The van der Waals surface area contributed by atoms with Gasteiger partial charge < -0.3 is 10.1 Å². The highest BCUT2D eigenvalue weighted by molar-refractivity contribution is 5.59. The first-order chi connectivity index (χ1) is 16.3. The minimum atomic E-state index is -0.583. The van der Waals surface area contributed by atoms with E-state index in [2.05, 4.69) is 17.2 Å². The number of hydrogen-bond donors (Lipinski definition) is 1. The van der Waals surface area contributed by atoms with Gasteiger partial charge >= 0.3 is 5.69 Å². The Morgan fingerprint density at radius 2 is 1.85 bits per heavy atom. The molecule has 1 N–H and O–H groups in total. The number of halogens is 1. The maximum absolute atomic E-state index is 13.6. The van der Waals surface area contributed by atoms with Crippen molar-refractivity contribution in [2.45, 2.75) is 65.0 Å². The van der Waals surface area contributed by atoms with E-state index in [1.165, 1.54) is 25.0 Å². The van der Waals surface area contributed by atoms with E-state index in [1.807, 2.05) is 20.8 Å². The van der Waals surface area contributed by atoms with Crippen molar-refractivity contribution in [1.82, 2.24) is 19.1 Å². The van der Waals surface area contributed by atoms with Gasteiger partial charge in [0.1, 0.15) is 5.82 Å². The lowest BCUT2D eigenvalue weighted by atomic mass is 9.87. The molecule has 1 fully saturated rings. The van der Waals surface area contributed by atoms with Crippen molar-refractivity contribution in [3.63, 3.8) is 0 Å². The molecule has 0 radical (unpaired) electrons. The van der Waals surface area contributed by atoms with E-state index in [9.17, 15) is 9.18 Å². The Morgan fingerprint density at radius 1 is 1.15 bits per heavy atom. The monoisotopic (exact) mass is 467 g/mol. The number of benzene rings is 1. The predicted molar refractivity (Wildman–Crippen MR) is 132 cm³/mol. The van der Waals surface area contributed by atoms with Crippen molar-refractivity contribution >= 4 is 5.95 Å². The molecule has 1 aliphatic carbocycles. The SMILES string of the molecule is CCOCC(C)(C)n1cc(-c2ccnc(N[C@H]3CC[C@H](C)CC3)n2)n(-c2ccc(F)cc2)c1=O. The summed E-state index contributed by atoms with van der Waals surface area (Å²) in [6, 6.07) is 8.05. The first-order valence-electron chi connectivity index (χ1n) is 12.1. The van der Waals surface area contributed by atoms with Crippen LogP contribution in [0.2, 0.25) is 0 Å². The second kappa shape index (κ2) is 10.1. The van der Waals surface area contributed by atoms with Gasteiger partial charge in [0.05, 0.1) is 29.2 Å². The summed E-state index contributed by atoms with van der Waals surface area (Å²) in [5.74, 6) is 0.955. The summed E-state index contributed by atoms with van der Waals surface area (Å²) in [6.45, 7) is 9.08. The lowest BCUT2D eigenvalue weighted by Crippen LogP contribution is -2.40. The predicted octanol–water partition coefficient (Wildman–Crippen LogP) is 5.00. The van der Waals surface area contributed by atoms with E-state index in [4.69, 9.17) is 9.72 Å². The van der Waals surface area contributed by atoms with Gasteiger partial charge in [-0.25, -0.2) is 19.2 Å². The highest BCUT2D eigenvalue weighted by Gasteiger charge is 2.27. The summed E-state index contributed by atoms with van der Waals surface area (Å²) in [7, 11) is 0. The molecule has 0 bridgehead atoms. The van der Waals surface area contributed by atoms with Crippen LogP contribution in [0.4, 0.5) is 10.3 Å². The van der Waals surface area contributed by atoms with E-state index in [-0.39, 0.29) is 11.5 Å². The Labute approximate surface area is 200 Å². The van der Waals surface area contributed by atoms with Crippen LogP contribution in [0.3, 0.4) is 0 Å². The first-order valence-corrected chi connectivity index (χ1v) is 12.1. The van der Waals surface area contributed by atoms with Crippen LogP contribution in [0, 0.1) is 11.7 Å². The van der Waals surface area contributed by atoms with E-state index < -0.39 is 5.54 Å². The highest BCUT2D eigenvalue weighted by Crippen LogP contribution is 2.27. The molecule has 1 aliphatic rings. The van der Waals surface area contributed by atoms with Crippen molar-refractivity contribution in [3.8, 4) is 17.1 Å². The number of rotatable bonds is 8. The van der Waals surface area contributed by atoms with Gasteiger partial charge in [-0.2, -0.15) is 0 Å². The van der Waals surface area contributed by atoms with Crippen LogP contribution in [-0.4, -0.2) is 38.4 Å². The van der Waals surface area contributed by atoms with Crippen molar-refractivity contribution in [3.05, 3.63) is 59.0 Å². The van der Waals surface area contributed by atoms with Crippen molar-refractivity contribution in [1.29, 1.82) is 0 Å². The second-order valence-electron chi connectivity index (χ2n) is 9.79. The molecule has 0 spiro atoms. The quantitative estimate of drug-likeness (QED) is 0.505. The smallest absolute Gasteiger partial charge is 0.333 e. The molecule has 0 aliphatic heterocycles. The maximum atomic E-state index is 13.6. The van der Waals surface area contributed by atoms with Crippen LogP contribution < -0.4 is 11.0 Å². The fourth-order valence-corrected chi connectivity index (χ4v) is 4.48. The van der Waals surface area contributed by atoms with Crippen LogP contribution in [0.25, 0.3) is 17.1 Å². The van der Waals surface area contributed by atoms with E-state index in [1.54, 1.807) is 39.7 Å². The van der Waals surface area contributed by atoms with Gasteiger partial charge in [-0.1, -0.05) is 6.92 Å². The molecule has 2 heterocycles. The molecule has 182 valence electrons. The number of hydrogen-bond acceptors (Lipinski definition) is 5. The third-order valence-corrected chi connectivity index (χ3v) is 6.55. The van der Waals surface area contributed by atoms with Gasteiger partial charge in [0.2, 0.25) is 5.95 Å². The van der Waals surface area contributed by atoms with Gasteiger partial charge in [0.25, 0.3) is 0 Å². The fraction of sp³-hybridized carbons (Fsp3) is 0.500. The average molecular weight is 468 g/mol. The topological polar surface area (TPSA) is 74.0 Å². The molecule has 2 aromatic heterocycles.